The van der Waals surface area contributed by atoms with Gasteiger partial charge in [-0.25, -0.2) is 5.43 Å². The van der Waals surface area contributed by atoms with E-state index in [2.05, 4.69) is 5.43 Å². The number of phenolic OH excluding ortho intramolecular Hbond substituents is 2. The van der Waals surface area contributed by atoms with Crippen LogP contribution in [-0.4, -0.2) is 41.0 Å². The highest BCUT2D eigenvalue weighted by Crippen LogP contribution is 2.28. The lowest BCUT2D eigenvalue weighted by Gasteiger charge is -2.18. The Kier molecular flexibility index (Phi) is 7.21. The van der Waals surface area contributed by atoms with E-state index in [-0.39, 0.29) is 11.1 Å². The van der Waals surface area contributed by atoms with E-state index in [0.29, 0.717) is 12.8 Å². The number of carbonyl (C=O) groups is 2. The zero-order chi connectivity index (χ0) is 15.0. The van der Waals surface area contributed by atoms with Crippen molar-refractivity contribution in [1.29, 1.82) is 0 Å². The molecule has 0 radical (unpaired) electrons. The lowest BCUT2D eigenvalue weighted by atomic mass is 10.1. The fourth-order valence-electron chi connectivity index (χ4n) is 1.37. The lowest BCUT2D eigenvalue weighted by molar-refractivity contribution is 0.0718. The van der Waals surface area contributed by atoms with Crippen LogP contribution in [0.15, 0.2) is 12.1 Å². The number of benzene rings is 1. The molecule has 0 aromatic heterocycles. The SMILES string of the molecule is CC.CCNN(C)C(=O)c1cc(O)c(O)cc1C=O. The minimum absolute atomic E-state index is 0.0232. The first-order valence-electron chi connectivity index (χ1n) is 6.04. The van der Waals surface area contributed by atoms with E-state index >= 15 is 0 Å². The fourth-order valence-corrected chi connectivity index (χ4v) is 1.37. The number of aromatic hydroxyl groups is 2. The van der Waals surface area contributed by atoms with Crippen molar-refractivity contribution >= 4 is 12.2 Å². The van der Waals surface area contributed by atoms with Gasteiger partial charge in [0.2, 0.25) is 0 Å². The summed E-state index contributed by atoms with van der Waals surface area (Å²) in [5.74, 6) is -1.34. The van der Waals surface area contributed by atoms with Crippen LogP contribution in [0.5, 0.6) is 11.5 Å². The van der Waals surface area contributed by atoms with Gasteiger partial charge in [-0.2, -0.15) is 0 Å². The third-order valence-corrected chi connectivity index (χ3v) is 2.20. The Balaban J connectivity index is 0.00000154. The van der Waals surface area contributed by atoms with Crippen LogP contribution in [-0.2, 0) is 0 Å². The largest absolute Gasteiger partial charge is 0.504 e. The molecule has 0 aliphatic carbocycles. The van der Waals surface area contributed by atoms with Gasteiger partial charge in [0, 0.05) is 19.2 Å². The van der Waals surface area contributed by atoms with Gasteiger partial charge in [0.25, 0.3) is 5.91 Å². The molecule has 1 aromatic carbocycles. The minimum atomic E-state index is -0.468. The van der Waals surface area contributed by atoms with Crippen molar-refractivity contribution in [3.05, 3.63) is 23.3 Å². The zero-order valence-electron chi connectivity index (χ0n) is 11.6. The summed E-state index contributed by atoms with van der Waals surface area (Å²) in [4.78, 5) is 22.7. The quantitative estimate of drug-likeness (QED) is 0.438. The van der Waals surface area contributed by atoms with Gasteiger partial charge in [0.15, 0.2) is 17.8 Å². The summed E-state index contributed by atoms with van der Waals surface area (Å²) < 4.78 is 0. The Morgan fingerprint density at radius 2 is 1.84 bits per heavy atom. The third-order valence-electron chi connectivity index (χ3n) is 2.20. The van der Waals surface area contributed by atoms with Crippen molar-refractivity contribution in [2.24, 2.45) is 0 Å². The van der Waals surface area contributed by atoms with Crippen molar-refractivity contribution in [2.75, 3.05) is 13.6 Å². The number of rotatable bonds is 4. The van der Waals surface area contributed by atoms with Gasteiger partial charge in [-0.1, -0.05) is 20.8 Å². The zero-order valence-corrected chi connectivity index (χ0v) is 11.6. The van der Waals surface area contributed by atoms with Crippen molar-refractivity contribution in [3.8, 4) is 11.5 Å². The molecule has 6 heteroatoms. The molecule has 0 saturated carbocycles. The number of hydrazine groups is 1. The topological polar surface area (TPSA) is 89.9 Å². The average molecular weight is 268 g/mol. The number of aldehydes is 1. The summed E-state index contributed by atoms with van der Waals surface area (Å²) >= 11 is 0. The first kappa shape index (κ1) is 16.9. The minimum Gasteiger partial charge on any atom is -0.504 e. The molecule has 3 N–H and O–H groups in total. The van der Waals surface area contributed by atoms with Gasteiger partial charge in [-0.05, 0) is 12.1 Å². The predicted octanol–water partition coefficient (Wildman–Crippen LogP) is 1.53. The summed E-state index contributed by atoms with van der Waals surface area (Å²) in [7, 11) is 1.50. The Bertz CT molecular complexity index is 447. The predicted molar refractivity (Wildman–Crippen MR) is 72.3 cm³/mol. The molecule has 1 amide bonds. The van der Waals surface area contributed by atoms with Crippen LogP contribution in [0.25, 0.3) is 0 Å². The summed E-state index contributed by atoms with van der Waals surface area (Å²) in [6, 6.07) is 2.12. The smallest absolute Gasteiger partial charge is 0.268 e. The van der Waals surface area contributed by atoms with E-state index in [0.717, 1.165) is 12.1 Å². The maximum atomic E-state index is 11.9. The lowest BCUT2D eigenvalue weighted by Crippen LogP contribution is -2.39. The second kappa shape index (κ2) is 8.10. The maximum Gasteiger partial charge on any atom is 0.268 e. The number of nitrogens with one attached hydrogen (secondary N) is 1. The fraction of sp³-hybridized carbons (Fsp3) is 0.385. The summed E-state index contributed by atoms with van der Waals surface area (Å²) in [5, 5.41) is 19.8. The molecule has 0 bridgehead atoms. The van der Waals surface area contributed by atoms with Crippen LogP contribution in [0, 0.1) is 0 Å². The van der Waals surface area contributed by atoms with E-state index in [1.165, 1.54) is 12.1 Å². The maximum absolute atomic E-state index is 11.9. The van der Waals surface area contributed by atoms with Crippen LogP contribution < -0.4 is 5.43 Å². The van der Waals surface area contributed by atoms with Crippen LogP contribution in [0.3, 0.4) is 0 Å². The molecule has 0 saturated heterocycles. The van der Waals surface area contributed by atoms with Crippen molar-refractivity contribution in [1.82, 2.24) is 10.4 Å². The molecule has 0 aliphatic heterocycles. The molecule has 0 atom stereocenters. The Hall–Kier alpha value is -2.08. The van der Waals surface area contributed by atoms with Crippen LogP contribution >= 0.6 is 0 Å². The highest BCUT2D eigenvalue weighted by atomic mass is 16.3. The second-order valence-electron chi connectivity index (χ2n) is 3.42. The molecule has 0 spiro atoms. The Morgan fingerprint density at radius 3 is 2.32 bits per heavy atom. The van der Waals surface area contributed by atoms with E-state index in [9.17, 15) is 19.8 Å². The second-order valence-corrected chi connectivity index (χ2v) is 3.42. The summed E-state index contributed by atoms with van der Waals surface area (Å²) in [6.45, 7) is 6.36. The van der Waals surface area contributed by atoms with Crippen LogP contribution in [0.2, 0.25) is 0 Å². The molecular weight excluding hydrogens is 248 g/mol. The highest BCUT2D eigenvalue weighted by Gasteiger charge is 2.18. The molecule has 1 rings (SSSR count). The van der Waals surface area contributed by atoms with Gasteiger partial charge < -0.3 is 10.2 Å². The molecule has 0 aliphatic rings. The van der Waals surface area contributed by atoms with E-state index < -0.39 is 17.4 Å². The summed E-state index contributed by atoms with van der Waals surface area (Å²) in [6.07, 6.45) is 0.451. The van der Waals surface area contributed by atoms with Crippen molar-refractivity contribution in [3.63, 3.8) is 0 Å². The van der Waals surface area contributed by atoms with E-state index in [1.807, 2.05) is 20.8 Å². The highest BCUT2D eigenvalue weighted by molar-refractivity contribution is 6.01. The molecule has 0 heterocycles. The van der Waals surface area contributed by atoms with E-state index in [1.54, 1.807) is 0 Å². The molecular formula is C13H20N2O4. The van der Waals surface area contributed by atoms with E-state index in [4.69, 9.17) is 0 Å². The van der Waals surface area contributed by atoms with Gasteiger partial charge in [-0.15, -0.1) is 0 Å². The Labute approximate surface area is 112 Å². The van der Waals surface area contributed by atoms with Crippen molar-refractivity contribution < 1.29 is 19.8 Å². The van der Waals surface area contributed by atoms with Gasteiger partial charge in [-0.3, -0.25) is 14.6 Å². The first-order chi connectivity index (χ1) is 9.01. The molecule has 19 heavy (non-hydrogen) atoms. The average Bonchev–Trinajstić information content (AvgIpc) is 2.43. The molecule has 1 aromatic rings. The number of hydrogen-bond donors (Lipinski definition) is 3. The third kappa shape index (κ3) is 4.26. The number of phenols is 2. The number of carbonyl (C=O) groups excluding carboxylic acids is 2. The number of amides is 1. The number of hydrogen-bond acceptors (Lipinski definition) is 5. The van der Waals surface area contributed by atoms with Gasteiger partial charge in [0.1, 0.15) is 0 Å². The molecule has 0 unspecified atom stereocenters. The van der Waals surface area contributed by atoms with Crippen molar-refractivity contribution in [2.45, 2.75) is 20.8 Å². The van der Waals surface area contributed by atoms with Crippen LogP contribution in [0.4, 0.5) is 0 Å². The Morgan fingerprint density at radius 1 is 1.32 bits per heavy atom. The van der Waals surface area contributed by atoms with Gasteiger partial charge in [0.05, 0.1) is 5.56 Å². The molecule has 6 nitrogen and oxygen atoms in total. The molecule has 0 fully saturated rings. The normalized spacial score (nSPS) is 9.26. The van der Waals surface area contributed by atoms with Crippen LogP contribution in [0.1, 0.15) is 41.5 Å². The van der Waals surface area contributed by atoms with Gasteiger partial charge >= 0.3 is 0 Å². The standard InChI is InChI=1S/C11H14N2O4.C2H6/c1-3-12-13(2)11(17)8-5-10(16)9(15)4-7(8)6-14;1-2/h4-6,12,15-16H,3H2,1-2H3;1-2H3. The number of nitrogens with zero attached hydrogens (tertiary/aromatic N) is 1. The summed E-state index contributed by atoms with van der Waals surface area (Å²) in [5.41, 5.74) is 2.80. The first-order valence-corrected chi connectivity index (χ1v) is 6.04. The molecule has 106 valence electrons. The monoisotopic (exact) mass is 268 g/mol.